The van der Waals surface area contributed by atoms with Crippen molar-refractivity contribution in [2.75, 3.05) is 13.2 Å². The number of esters is 2. The molecule has 3 aromatic carbocycles. The van der Waals surface area contributed by atoms with Crippen molar-refractivity contribution in [3.05, 3.63) is 102 Å². The van der Waals surface area contributed by atoms with Gasteiger partial charge in [-0.1, -0.05) is 92.4 Å². The van der Waals surface area contributed by atoms with Crippen LogP contribution in [-0.4, -0.2) is 63.1 Å². The molecule has 0 spiro atoms. The van der Waals surface area contributed by atoms with Gasteiger partial charge in [0.2, 0.25) is 0 Å². The van der Waals surface area contributed by atoms with E-state index in [2.05, 4.69) is 30.3 Å². The maximum Gasteiger partial charge on any atom is 0.408 e. The molecular formula is C39H52N2O9Si. The number of carbonyl (C=O) groups excluding carboxylic acids is 4. The number of amides is 2. The van der Waals surface area contributed by atoms with Gasteiger partial charge in [0, 0.05) is 14.5 Å². The summed E-state index contributed by atoms with van der Waals surface area (Å²) in [6, 6.07) is 24.6. The van der Waals surface area contributed by atoms with Crippen LogP contribution >= 0.6 is 0 Å². The van der Waals surface area contributed by atoms with Gasteiger partial charge in [-0.05, 0) is 68.5 Å². The Hall–Kier alpha value is -4.84. The average Bonchev–Trinajstić information content (AvgIpc) is 3.07. The maximum atomic E-state index is 13.2. The third-order valence-corrected chi connectivity index (χ3v) is 9.03. The summed E-state index contributed by atoms with van der Waals surface area (Å²) in [6.07, 6.45) is -0.642. The second kappa shape index (κ2) is 20.1. The maximum absolute atomic E-state index is 13.2. The van der Waals surface area contributed by atoms with Crippen LogP contribution < -0.4 is 15.4 Å². The van der Waals surface area contributed by atoms with Crippen molar-refractivity contribution in [3.8, 4) is 5.75 Å². The summed E-state index contributed by atoms with van der Waals surface area (Å²) in [4.78, 5) is 51.4. The van der Waals surface area contributed by atoms with Crippen LogP contribution in [0.5, 0.6) is 5.75 Å². The highest BCUT2D eigenvalue weighted by molar-refractivity contribution is 6.76. The van der Waals surface area contributed by atoms with Crippen LogP contribution in [0.1, 0.15) is 50.3 Å². The lowest BCUT2D eigenvalue weighted by Crippen LogP contribution is -2.44. The number of carbonyl (C=O) groups is 4. The fourth-order valence-corrected chi connectivity index (χ4v) is 5.38. The van der Waals surface area contributed by atoms with E-state index >= 15 is 0 Å². The van der Waals surface area contributed by atoms with Crippen molar-refractivity contribution < 1.29 is 42.9 Å². The lowest BCUT2D eigenvalue weighted by atomic mass is 10.1. The molecule has 2 amide bonds. The van der Waals surface area contributed by atoms with Crippen LogP contribution in [0.15, 0.2) is 84.9 Å². The molecule has 3 rings (SSSR count). The Balaban J connectivity index is 1.60. The van der Waals surface area contributed by atoms with Gasteiger partial charge in [-0.2, -0.15) is 0 Å². The van der Waals surface area contributed by atoms with E-state index in [0.29, 0.717) is 12.2 Å². The van der Waals surface area contributed by atoms with Crippen LogP contribution in [-0.2, 0) is 48.2 Å². The molecule has 51 heavy (non-hydrogen) atoms. The SMILES string of the molecule is CC(C)(C)OC(=O)N[C@H](CCCOc1cccc(C[C@H](NC(=O)OCc2ccccc2)C(=O)OCC[Si](C)(C)C)c1)C(=O)OCc1ccccc1. The number of alkyl carbamates (subject to hydrolysis) is 2. The molecule has 276 valence electrons. The first kappa shape index (κ1) is 40.6. The number of hydrogen-bond donors (Lipinski definition) is 2. The molecule has 0 saturated carbocycles. The predicted molar refractivity (Wildman–Crippen MR) is 197 cm³/mol. The van der Waals surface area contributed by atoms with E-state index < -0.39 is 49.9 Å². The highest BCUT2D eigenvalue weighted by atomic mass is 28.3. The summed E-state index contributed by atoms with van der Waals surface area (Å²) >= 11 is 0. The second-order valence-corrected chi connectivity index (χ2v) is 20.0. The number of ether oxygens (including phenoxy) is 5. The molecular weight excluding hydrogens is 669 g/mol. The quantitative estimate of drug-likeness (QED) is 0.0605. The third-order valence-electron chi connectivity index (χ3n) is 7.33. The summed E-state index contributed by atoms with van der Waals surface area (Å²) in [5, 5.41) is 5.30. The lowest BCUT2D eigenvalue weighted by molar-refractivity contribution is -0.148. The van der Waals surface area contributed by atoms with Crippen molar-refractivity contribution >= 4 is 32.2 Å². The molecule has 0 aliphatic rings. The second-order valence-electron chi connectivity index (χ2n) is 14.4. The zero-order valence-electron chi connectivity index (χ0n) is 30.6. The Morgan fingerprint density at radius 2 is 1.24 bits per heavy atom. The molecule has 0 fully saturated rings. The summed E-state index contributed by atoms with van der Waals surface area (Å²) in [7, 11) is -1.45. The van der Waals surface area contributed by atoms with Gasteiger partial charge in [-0.25, -0.2) is 19.2 Å². The summed E-state index contributed by atoms with van der Waals surface area (Å²) in [6.45, 7) is 12.4. The van der Waals surface area contributed by atoms with Gasteiger partial charge in [0.05, 0.1) is 13.2 Å². The van der Waals surface area contributed by atoms with E-state index in [9.17, 15) is 19.2 Å². The highest BCUT2D eigenvalue weighted by Crippen LogP contribution is 2.17. The average molecular weight is 721 g/mol. The number of nitrogens with one attached hydrogen (secondary N) is 2. The van der Waals surface area contributed by atoms with Crippen LogP contribution in [0.4, 0.5) is 9.59 Å². The number of benzene rings is 3. The zero-order valence-corrected chi connectivity index (χ0v) is 31.6. The van der Waals surface area contributed by atoms with Crippen molar-refractivity contribution in [2.24, 2.45) is 0 Å². The molecule has 0 heterocycles. The van der Waals surface area contributed by atoms with E-state index in [-0.39, 0.29) is 39.3 Å². The Bertz CT molecular complexity index is 1540. The first-order valence-electron chi connectivity index (χ1n) is 17.2. The Morgan fingerprint density at radius 1 is 0.667 bits per heavy atom. The molecule has 0 unspecified atom stereocenters. The van der Waals surface area contributed by atoms with Crippen molar-refractivity contribution in [1.29, 1.82) is 0 Å². The van der Waals surface area contributed by atoms with Gasteiger partial charge >= 0.3 is 24.1 Å². The standard InChI is InChI=1S/C39H52N2O9Si/c1-39(2,3)50-38(45)40-33(35(42)48-27-29-15-9-7-10-16-29)21-14-22-46-32-20-13-19-31(25-32)26-34(36(43)47-23-24-51(4,5)6)41-37(44)49-28-30-17-11-8-12-18-30/h7-13,15-20,25,33-34H,14,21-24,26-28H2,1-6H3,(H,40,45)(H,41,44)/t33-,34+/m1/s1. The number of hydrogen-bond acceptors (Lipinski definition) is 9. The fourth-order valence-electron chi connectivity index (χ4n) is 4.66. The Labute approximate surface area is 302 Å². The van der Waals surface area contributed by atoms with E-state index in [0.717, 1.165) is 22.7 Å². The number of rotatable bonds is 18. The van der Waals surface area contributed by atoms with Gasteiger partial charge in [0.15, 0.2) is 0 Å². The normalized spacial score (nSPS) is 12.5. The minimum atomic E-state index is -1.45. The van der Waals surface area contributed by atoms with Crippen molar-refractivity contribution in [1.82, 2.24) is 10.6 Å². The van der Waals surface area contributed by atoms with E-state index in [4.69, 9.17) is 23.7 Å². The first-order valence-corrected chi connectivity index (χ1v) is 20.9. The van der Waals surface area contributed by atoms with Crippen molar-refractivity contribution in [3.63, 3.8) is 0 Å². The van der Waals surface area contributed by atoms with Gasteiger partial charge in [0.1, 0.15) is 36.6 Å². The monoisotopic (exact) mass is 720 g/mol. The molecule has 0 radical (unpaired) electrons. The van der Waals surface area contributed by atoms with Gasteiger partial charge in [0.25, 0.3) is 0 Å². The summed E-state index contributed by atoms with van der Waals surface area (Å²) in [5.74, 6) is -0.587. The Morgan fingerprint density at radius 3 is 1.84 bits per heavy atom. The zero-order chi connectivity index (χ0) is 37.3. The topological polar surface area (TPSA) is 138 Å². The van der Waals surface area contributed by atoms with Gasteiger partial charge < -0.3 is 34.3 Å². The predicted octanol–water partition coefficient (Wildman–Crippen LogP) is 7.20. The van der Waals surface area contributed by atoms with E-state index in [1.54, 1.807) is 39.0 Å². The molecule has 12 heteroatoms. The summed E-state index contributed by atoms with van der Waals surface area (Å²) < 4.78 is 27.8. The molecule has 0 aliphatic heterocycles. The van der Waals surface area contributed by atoms with Crippen LogP contribution in [0, 0.1) is 0 Å². The van der Waals surface area contributed by atoms with Crippen molar-refractivity contribution in [2.45, 2.75) is 96.6 Å². The van der Waals surface area contributed by atoms with Crippen LogP contribution in [0.3, 0.4) is 0 Å². The van der Waals surface area contributed by atoms with Gasteiger partial charge in [-0.3, -0.25) is 0 Å². The highest BCUT2D eigenvalue weighted by Gasteiger charge is 2.27. The fraction of sp³-hybridized carbons (Fsp3) is 0.436. The third kappa shape index (κ3) is 17.1. The largest absolute Gasteiger partial charge is 0.494 e. The molecule has 2 atom stereocenters. The van der Waals surface area contributed by atoms with Gasteiger partial charge in [-0.15, -0.1) is 0 Å². The summed E-state index contributed by atoms with van der Waals surface area (Å²) in [5.41, 5.74) is 1.64. The molecule has 3 aromatic rings. The molecule has 0 aromatic heterocycles. The minimum Gasteiger partial charge on any atom is -0.494 e. The lowest BCUT2D eigenvalue weighted by Gasteiger charge is -2.23. The molecule has 0 aliphatic carbocycles. The van der Waals surface area contributed by atoms with E-state index in [1.807, 2.05) is 66.7 Å². The van der Waals surface area contributed by atoms with Crippen LogP contribution in [0.25, 0.3) is 0 Å². The first-order chi connectivity index (χ1) is 24.2. The molecule has 0 bridgehead atoms. The molecule has 0 saturated heterocycles. The Kier molecular flexibility index (Phi) is 16.0. The minimum absolute atomic E-state index is 0.0618. The molecule has 2 N–H and O–H groups in total. The molecule has 11 nitrogen and oxygen atoms in total. The van der Waals surface area contributed by atoms with E-state index in [1.165, 1.54) is 0 Å². The smallest absolute Gasteiger partial charge is 0.408 e. The van der Waals surface area contributed by atoms with Crippen LogP contribution in [0.2, 0.25) is 25.7 Å².